The summed E-state index contributed by atoms with van der Waals surface area (Å²) in [7, 11) is 0. The fourth-order valence-electron chi connectivity index (χ4n) is 5.85. The van der Waals surface area contributed by atoms with E-state index in [1.165, 1.54) is 0 Å². The Morgan fingerprint density at radius 1 is 0.977 bits per heavy atom. The van der Waals surface area contributed by atoms with E-state index in [2.05, 4.69) is 16.0 Å². The summed E-state index contributed by atoms with van der Waals surface area (Å²) in [6.45, 7) is 5.46. The SMILES string of the molecule is CC(C)(C)OC(=O)N[C@@H](C(=O)NC1(C(=O)NCc2ccc(C(=N)NC(=O)O)cc2)Cc2ccccc2C1)C1CCCCC1. The van der Waals surface area contributed by atoms with Crippen molar-refractivity contribution in [3.63, 3.8) is 0 Å². The summed E-state index contributed by atoms with van der Waals surface area (Å²) >= 11 is 0. The lowest BCUT2D eigenvalue weighted by Crippen LogP contribution is -2.64. The molecular weight excluding hydrogens is 550 g/mol. The Bertz CT molecular complexity index is 1340. The second-order valence-electron chi connectivity index (χ2n) is 12.4. The lowest BCUT2D eigenvalue weighted by molar-refractivity contribution is -0.135. The quantitative estimate of drug-likeness (QED) is 0.200. The number of carbonyl (C=O) groups excluding carboxylic acids is 3. The molecular formula is C32H41N5O6. The monoisotopic (exact) mass is 591 g/mol. The molecule has 6 N–H and O–H groups in total. The third-order valence-electron chi connectivity index (χ3n) is 7.90. The van der Waals surface area contributed by atoms with Crippen LogP contribution in [0.3, 0.4) is 0 Å². The highest BCUT2D eigenvalue weighted by molar-refractivity contribution is 6.04. The zero-order valence-corrected chi connectivity index (χ0v) is 24.9. The largest absolute Gasteiger partial charge is 0.465 e. The highest BCUT2D eigenvalue weighted by Gasteiger charge is 2.47. The second-order valence-corrected chi connectivity index (χ2v) is 12.4. The molecule has 11 heteroatoms. The molecule has 4 amide bonds. The molecule has 2 aromatic carbocycles. The fourth-order valence-corrected chi connectivity index (χ4v) is 5.85. The molecule has 0 aliphatic heterocycles. The first kappa shape index (κ1) is 31.5. The number of hydrogen-bond donors (Lipinski definition) is 6. The summed E-state index contributed by atoms with van der Waals surface area (Å²) in [6, 6.07) is 13.5. The molecule has 4 rings (SSSR count). The van der Waals surface area contributed by atoms with Crippen molar-refractivity contribution in [3.8, 4) is 0 Å². The van der Waals surface area contributed by atoms with Gasteiger partial charge in [0.25, 0.3) is 0 Å². The van der Waals surface area contributed by atoms with E-state index in [1.807, 2.05) is 29.6 Å². The number of hydrogen-bond acceptors (Lipinski definition) is 6. The molecule has 0 aromatic heterocycles. The number of amides is 4. The first-order valence-corrected chi connectivity index (χ1v) is 14.7. The van der Waals surface area contributed by atoms with Crippen LogP contribution in [-0.2, 0) is 33.7 Å². The van der Waals surface area contributed by atoms with E-state index < -0.39 is 35.3 Å². The standard InChI is InChI=1S/C32H41N5O6/c1-31(2,3)43-30(42)35-25(21-9-5-4-6-10-21)27(38)37-32(17-23-11-7-8-12-24(23)18-32)28(39)34-19-20-13-15-22(16-14-20)26(33)36-29(40)41/h7-8,11-16,21,25H,4-6,9-10,17-19H2,1-3H3,(H2,33,36)(H,34,39)(H,35,42)(H,37,38)(H,40,41)/t25-/m1/s1. The average Bonchev–Trinajstić information content (AvgIpc) is 3.33. The van der Waals surface area contributed by atoms with Gasteiger partial charge in [0.1, 0.15) is 23.0 Å². The summed E-state index contributed by atoms with van der Waals surface area (Å²) in [6.07, 6.45) is 3.23. The van der Waals surface area contributed by atoms with Crippen LogP contribution in [0.4, 0.5) is 9.59 Å². The van der Waals surface area contributed by atoms with E-state index in [0.717, 1.165) is 48.8 Å². The van der Waals surface area contributed by atoms with Crippen molar-refractivity contribution in [2.45, 2.75) is 89.4 Å². The number of nitrogens with one attached hydrogen (secondary N) is 5. The minimum absolute atomic E-state index is 0.0713. The van der Waals surface area contributed by atoms with Crippen molar-refractivity contribution in [1.29, 1.82) is 5.41 Å². The Balaban J connectivity index is 1.52. The van der Waals surface area contributed by atoms with Gasteiger partial charge in [-0.2, -0.15) is 0 Å². The number of benzene rings is 2. The third-order valence-corrected chi connectivity index (χ3v) is 7.90. The predicted octanol–water partition coefficient (Wildman–Crippen LogP) is 4.02. The van der Waals surface area contributed by atoms with E-state index in [-0.39, 0.29) is 24.2 Å². The molecule has 43 heavy (non-hydrogen) atoms. The van der Waals surface area contributed by atoms with Gasteiger partial charge in [0.05, 0.1) is 0 Å². The number of carbonyl (C=O) groups is 4. The maximum absolute atomic E-state index is 14.0. The predicted molar refractivity (Wildman–Crippen MR) is 161 cm³/mol. The summed E-state index contributed by atoms with van der Waals surface area (Å²) in [5.41, 5.74) is 1.10. The highest BCUT2D eigenvalue weighted by Crippen LogP contribution is 2.32. The molecule has 0 radical (unpaired) electrons. The van der Waals surface area contributed by atoms with Gasteiger partial charge in [-0.25, -0.2) is 9.59 Å². The second kappa shape index (κ2) is 13.3. The fraction of sp³-hybridized carbons (Fsp3) is 0.469. The minimum atomic E-state index is -1.32. The number of alkyl carbamates (subject to hydrolysis) is 1. The van der Waals surface area contributed by atoms with Gasteiger partial charge < -0.3 is 25.8 Å². The number of amidine groups is 1. The normalized spacial score (nSPS) is 16.7. The number of fused-ring (bicyclic) bond motifs is 1. The molecule has 2 aromatic rings. The van der Waals surface area contributed by atoms with Gasteiger partial charge >= 0.3 is 12.2 Å². The maximum Gasteiger partial charge on any atom is 0.410 e. The van der Waals surface area contributed by atoms with E-state index in [1.54, 1.807) is 45.0 Å². The van der Waals surface area contributed by atoms with Gasteiger partial charge in [-0.1, -0.05) is 67.8 Å². The lowest BCUT2D eigenvalue weighted by Gasteiger charge is -2.35. The third kappa shape index (κ3) is 8.33. The number of ether oxygens (including phenoxy) is 1. The van der Waals surface area contributed by atoms with E-state index in [0.29, 0.717) is 18.4 Å². The van der Waals surface area contributed by atoms with Gasteiger partial charge in [-0.3, -0.25) is 20.3 Å². The number of rotatable bonds is 8. The Morgan fingerprint density at radius 2 is 1.58 bits per heavy atom. The molecule has 0 unspecified atom stereocenters. The van der Waals surface area contributed by atoms with Gasteiger partial charge in [0, 0.05) is 24.9 Å². The van der Waals surface area contributed by atoms with E-state index in [9.17, 15) is 19.2 Å². The van der Waals surface area contributed by atoms with Crippen molar-refractivity contribution < 1.29 is 29.0 Å². The molecule has 230 valence electrons. The molecule has 1 saturated carbocycles. The van der Waals surface area contributed by atoms with E-state index >= 15 is 0 Å². The van der Waals surface area contributed by atoms with Gasteiger partial charge in [-0.15, -0.1) is 0 Å². The zero-order valence-electron chi connectivity index (χ0n) is 24.9. The Kier molecular flexibility index (Phi) is 9.73. The molecule has 1 fully saturated rings. The molecule has 0 saturated heterocycles. The van der Waals surface area contributed by atoms with Crippen LogP contribution in [0.15, 0.2) is 48.5 Å². The van der Waals surface area contributed by atoms with Crippen LogP contribution >= 0.6 is 0 Å². The minimum Gasteiger partial charge on any atom is -0.465 e. The zero-order chi connectivity index (χ0) is 31.2. The highest BCUT2D eigenvalue weighted by atomic mass is 16.6. The van der Waals surface area contributed by atoms with Crippen LogP contribution in [0.2, 0.25) is 0 Å². The first-order chi connectivity index (χ1) is 20.3. The molecule has 2 aliphatic rings. The summed E-state index contributed by atoms with van der Waals surface area (Å²) in [4.78, 5) is 51.5. The van der Waals surface area contributed by atoms with Crippen LogP contribution in [0.5, 0.6) is 0 Å². The Morgan fingerprint density at radius 3 is 2.14 bits per heavy atom. The van der Waals surface area contributed by atoms with E-state index in [4.69, 9.17) is 15.3 Å². The van der Waals surface area contributed by atoms with Gasteiger partial charge in [0.15, 0.2) is 0 Å². The average molecular weight is 592 g/mol. The van der Waals surface area contributed by atoms with Crippen molar-refractivity contribution in [1.82, 2.24) is 21.3 Å². The van der Waals surface area contributed by atoms with Gasteiger partial charge in [-0.05, 0) is 56.2 Å². The number of carboxylic acid groups (broad SMARTS) is 1. The summed E-state index contributed by atoms with van der Waals surface area (Å²) in [5, 5.41) is 27.5. The van der Waals surface area contributed by atoms with Crippen molar-refractivity contribution in [3.05, 3.63) is 70.8 Å². The first-order valence-electron chi connectivity index (χ1n) is 14.7. The Hall–Kier alpha value is -4.41. The van der Waals surface area contributed by atoms with Gasteiger partial charge in [0.2, 0.25) is 11.8 Å². The topological polar surface area (TPSA) is 170 Å². The maximum atomic E-state index is 14.0. The summed E-state index contributed by atoms with van der Waals surface area (Å²) in [5.74, 6) is -1.07. The molecule has 11 nitrogen and oxygen atoms in total. The molecule has 1 atom stereocenters. The van der Waals surface area contributed by atoms with Crippen LogP contribution < -0.4 is 21.3 Å². The van der Waals surface area contributed by atoms with Crippen molar-refractivity contribution in [2.75, 3.05) is 0 Å². The summed E-state index contributed by atoms with van der Waals surface area (Å²) < 4.78 is 5.48. The molecule has 0 heterocycles. The van der Waals surface area contributed by atoms with Crippen LogP contribution in [0, 0.1) is 11.3 Å². The lowest BCUT2D eigenvalue weighted by atomic mass is 9.83. The van der Waals surface area contributed by atoms with Crippen LogP contribution in [0.25, 0.3) is 0 Å². The smallest absolute Gasteiger partial charge is 0.410 e. The van der Waals surface area contributed by atoms with Crippen LogP contribution in [0.1, 0.15) is 75.1 Å². The molecule has 2 aliphatic carbocycles. The molecule has 0 bridgehead atoms. The van der Waals surface area contributed by atoms with Crippen molar-refractivity contribution >= 4 is 29.8 Å². The van der Waals surface area contributed by atoms with Crippen molar-refractivity contribution in [2.24, 2.45) is 5.92 Å². The molecule has 0 spiro atoms. The Labute approximate surface area is 251 Å². The van der Waals surface area contributed by atoms with Crippen LogP contribution in [-0.4, -0.2) is 52.1 Å².